The number of hydrogen-bond acceptors (Lipinski definition) is 4. The molecule has 122 valence electrons. The second-order valence-electron chi connectivity index (χ2n) is 5.12. The van der Waals surface area contributed by atoms with E-state index in [9.17, 15) is 8.42 Å². The van der Waals surface area contributed by atoms with Gasteiger partial charge in [0.1, 0.15) is 0 Å². The first-order valence-corrected chi connectivity index (χ1v) is 8.74. The van der Waals surface area contributed by atoms with E-state index in [-0.39, 0.29) is 4.90 Å². The van der Waals surface area contributed by atoms with Crippen molar-refractivity contribution in [1.29, 1.82) is 0 Å². The van der Waals surface area contributed by atoms with Crippen molar-refractivity contribution >= 4 is 15.7 Å². The third kappa shape index (κ3) is 3.52. The Hall–Kier alpha value is -2.93. The summed E-state index contributed by atoms with van der Waals surface area (Å²) in [5.74, 6) is 0. The van der Waals surface area contributed by atoms with Gasteiger partial charge in [-0.25, -0.2) is 4.98 Å². The molecule has 0 atom stereocenters. The second kappa shape index (κ2) is 6.67. The Bertz CT molecular complexity index is 932. The predicted molar refractivity (Wildman–Crippen MR) is 92.5 cm³/mol. The van der Waals surface area contributed by atoms with Crippen molar-refractivity contribution in [2.45, 2.75) is 11.8 Å². The molecule has 0 spiro atoms. The first-order chi connectivity index (χ1) is 11.6. The van der Waals surface area contributed by atoms with Crippen molar-refractivity contribution in [2.75, 3.05) is 0 Å². The number of nitrogens with one attached hydrogen (secondary N) is 1. The summed E-state index contributed by atoms with van der Waals surface area (Å²) < 4.78 is 26.2. The summed E-state index contributed by atoms with van der Waals surface area (Å²) in [6.45, 7) is 1.75. The Balaban J connectivity index is 1.76. The summed E-state index contributed by atoms with van der Waals surface area (Å²) in [7, 11) is -3.66. The molecule has 24 heavy (non-hydrogen) atoms. The molecule has 0 amide bonds. The molecule has 0 saturated carbocycles. The lowest BCUT2D eigenvalue weighted by atomic mass is 10.1. The van der Waals surface area contributed by atoms with Crippen molar-refractivity contribution < 1.29 is 8.42 Å². The van der Waals surface area contributed by atoms with Crippen molar-refractivity contribution in [3.63, 3.8) is 0 Å². The van der Waals surface area contributed by atoms with Gasteiger partial charge in [0.2, 0.25) is 0 Å². The Morgan fingerprint density at radius 2 is 1.79 bits per heavy atom. The van der Waals surface area contributed by atoms with Crippen LogP contribution in [0.15, 0.2) is 83.3 Å². The lowest BCUT2D eigenvalue weighted by Gasteiger charge is -2.06. The van der Waals surface area contributed by atoms with E-state index in [0.717, 1.165) is 11.3 Å². The minimum atomic E-state index is -3.66. The molecule has 3 aromatic rings. The van der Waals surface area contributed by atoms with E-state index in [2.05, 4.69) is 14.9 Å². The molecule has 1 aromatic heterocycles. The quantitative estimate of drug-likeness (QED) is 0.573. The molecule has 1 heterocycles. The van der Waals surface area contributed by atoms with E-state index in [0.29, 0.717) is 5.71 Å². The van der Waals surface area contributed by atoms with E-state index in [1.165, 1.54) is 12.1 Å². The van der Waals surface area contributed by atoms with Crippen LogP contribution in [0.2, 0.25) is 0 Å². The van der Waals surface area contributed by atoms with Gasteiger partial charge in [0, 0.05) is 18.1 Å². The largest absolute Gasteiger partial charge is 0.306 e. The Morgan fingerprint density at radius 1 is 1.08 bits per heavy atom. The Labute approximate surface area is 140 Å². The zero-order chi connectivity index (χ0) is 17.0. The number of benzene rings is 2. The highest BCUT2D eigenvalue weighted by Crippen LogP contribution is 2.11. The molecule has 7 heteroatoms. The molecule has 3 rings (SSSR count). The van der Waals surface area contributed by atoms with E-state index < -0.39 is 10.0 Å². The average Bonchev–Trinajstić information content (AvgIpc) is 3.15. The van der Waals surface area contributed by atoms with Crippen LogP contribution in [0.25, 0.3) is 5.69 Å². The minimum Gasteiger partial charge on any atom is -0.306 e. The van der Waals surface area contributed by atoms with E-state index in [1.54, 1.807) is 37.6 Å². The maximum atomic E-state index is 12.1. The zero-order valence-corrected chi connectivity index (χ0v) is 13.8. The van der Waals surface area contributed by atoms with Crippen LogP contribution >= 0.6 is 0 Å². The monoisotopic (exact) mass is 340 g/mol. The minimum absolute atomic E-state index is 0.178. The number of rotatable bonds is 5. The van der Waals surface area contributed by atoms with E-state index in [1.807, 2.05) is 35.0 Å². The highest BCUT2D eigenvalue weighted by atomic mass is 32.2. The van der Waals surface area contributed by atoms with Crippen LogP contribution in [-0.2, 0) is 10.0 Å². The van der Waals surface area contributed by atoms with Crippen molar-refractivity contribution in [1.82, 2.24) is 14.4 Å². The Morgan fingerprint density at radius 3 is 2.42 bits per heavy atom. The third-order valence-corrected chi connectivity index (χ3v) is 4.70. The highest BCUT2D eigenvalue weighted by Gasteiger charge is 2.12. The standard InChI is InChI=1S/C17H16N4O2S/c1-14(19-20-24(22,23)17-5-3-2-4-6-17)15-7-9-16(10-8-15)21-12-11-18-13-21/h2-13,20H,1H3. The van der Waals surface area contributed by atoms with Gasteiger partial charge in [0.05, 0.1) is 16.9 Å². The van der Waals surface area contributed by atoms with Crippen LogP contribution < -0.4 is 4.83 Å². The van der Waals surface area contributed by atoms with Crippen molar-refractivity contribution in [2.24, 2.45) is 5.10 Å². The van der Waals surface area contributed by atoms with Gasteiger partial charge in [-0.15, -0.1) is 0 Å². The molecule has 0 aliphatic rings. The second-order valence-corrected chi connectivity index (χ2v) is 6.78. The Kier molecular flexibility index (Phi) is 4.43. The van der Waals surface area contributed by atoms with Crippen LogP contribution in [-0.4, -0.2) is 23.7 Å². The summed E-state index contributed by atoms with van der Waals surface area (Å²) in [6.07, 6.45) is 5.27. The van der Waals surface area contributed by atoms with E-state index in [4.69, 9.17) is 0 Å². The third-order valence-electron chi connectivity index (χ3n) is 3.47. The average molecular weight is 340 g/mol. The fourth-order valence-electron chi connectivity index (χ4n) is 2.13. The number of hydrogen-bond donors (Lipinski definition) is 1. The van der Waals surface area contributed by atoms with Gasteiger partial charge >= 0.3 is 0 Å². The molecule has 0 fully saturated rings. The predicted octanol–water partition coefficient (Wildman–Crippen LogP) is 2.57. The molecular weight excluding hydrogens is 324 g/mol. The zero-order valence-electron chi connectivity index (χ0n) is 13.0. The molecule has 1 N–H and O–H groups in total. The highest BCUT2D eigenvalue weighted by molar-refractivity contribution is 7.89. The van der Waals surface area contributed by atoms with Gasteiger partial charge in [-0.05, 0) is 36.8 Å². The summed E-state index contributed by atoms with van der Waals surface area (Å²) >= 11 is 0. The van der Waals surface area contributed by atoms with Crippen LogP contribution in [0, 0.1) is 0 Å². The SMILES string of the molecule is CC(=NNS(=O)(=O)c1ccccc1)c1ccc(-n2ccnc2)cc1. The molecule has 0 unspecified atom stereocenters. The van der Waals surface area contributed by atoms with Gasteiger partial charge in [0.25, 0.3) is 10.0 Å². The van der Waals surface area contributed by atoms with Crippen LogP contribution in [0.3, 0.4) is 0 Å². The van der Waals surface area contributed by atoms with Gasteiger partial charge in [-0.1, -0.05) is 30.3 Å². The number of imidazole rings is 1. The van der Waals surface area contributed by atoms with Gasteiger partial charge < -0.3 is 4.57 Å². The fraction of sp³-hybridized carbons (Fsp3) is 0.0588. The van der Waals surface area contributed by atoms with Gasteiger partial charge in [-0.2, -0.15) is 18.4 Å². The first-order valence-electron chi connectivity index (χ1n) is 7.26. The summed E-state index contributed by atoms with van der Waals surface area (Å²) in [5, 5.41) is 3.99. The van der Waals surface area contributed by atoms with E-state index >= 15 is 0 Å². The number of nitrogens with zero attached hydrogens (tertiary/aromatic N) is 3. The number of hydrazone groups is 1. The van der Waals surface area contributed by atoms with Gasteiger partial charge in [-0.3, -0.25) is 0 Å². The summed E-state index contributed by atoms with van der Waals surface area (Å²) in [6, 6.07) is 15.7. The normalized spacial score (nSPS) is 12.1. The molecule has 6 nitrogen and oxygen atoms in total. The topological polar surface area (TPSA) is 76.3 Å². The maximum absolute atomic E-state index is 12.1. The van der Waals surface area contributed by atoms with Gasteiger partial charge in [0.15, 0.2) is 0 Å². The first kappa shape index (κ1) is 15.9. The molecule has 2 aromatic carbocycles. The molecule has 0 saturated heterocycles. The number of aromatic nitrogens is 2. The molecule has 0 aliphatic carbocycles. The van der Waals surface area contributed by atoms with Crippen LogP contribution in [0.5, 0.6) is 0 Å². The maximum Gasteiger partial charge on any atom is 0.276 e. The lowest BCUT2D eigenvalue weighted by molar-refractivity contribution is 0.584. The summed E-state index contributed by atoms with van der Waals surface area (Å²) in [4.78, 5) is 6.44. The number of sulfonamides is 1. The van der Waals surface area contributed by atoms with Crippen LogP contribution in [0.1, 0.15) is 12.5 Å². The van der Waals surface area contributed by atoms with Crippen LogP contribution in [0.4, 0.5) is 0 Å². The molecule has 0 radical (unpaired) electrons. The van der Waals surface area contributed by atoms with Crippen molar-refractivity contribution in [3.8, 4) is 5.69 Å². The van der Waals surface area contributed by atoms with Crippen molar-refractivity contribution in [3.05, 3.63) is 78.9 Å². The lowest BCUT2D eigenvalue weighted by Crippen LogP contribution is -2.19. The fourth-order valence-corrected chi connectivity index (χ4v) is 3.01. The molecule has 0 aliphatic heterocycles. The smallest absolute Gasteiger partial charge is 0.276 e. The molecule has 0 bridgehead atoms. The summed E-state index contributed by atoms with van der Waals surface area (Å²) in [5.41, 5.74) is 2.37. The molecular formula is C17H16N4O2S.